The number of nitrogens with zero attached hydrogens (tertiary/aromatic N) is 2. The molecule has 0 saturated heterocycles. The minimum Gasteiger partial charge on any atom is -0.488 e. The third kappa shape index (κ3) is 8.90. The Labute approximate surface area is 235 Å². The van der Waals surface area contributed by atoms with Gasteiger partial charge in [0, 0.05) is 29.8 Å². The fraction of sp³-hybridized carbons (Fsp3) is 0.519. The smallest absolute Gasteiger partial charge is 0.309 e. The lowest BCUT2D eigenvalue weighted by Crippen LogP contribution is -2.48. The molecule has 0 fully saturated rings. The van der Waals surface area contributed by atoms with E-state index in [4.69, 9.17) is 10.5 Å². The van der Waals surface area contributed by atoms with Crippen LogP contribution in [0.15, 0.2) is 41.6 Å². The number of rotatable bonds is 13. The molecule has 2 rings (SSSR count). The van der Waals surface area contributed by atoms with Gasteiger partial charge in [0.05, 0.1) is 15.9 Å². The largest absolute Gasteiger partial charge is 0.488 e. The Morgan fingerprint density at radius 3 is 1.90 bits per heavy atom. The van der Waals surface area contributed by atoms with Crippen molar-refractivity contribution < 1.29 is 32.6 Å². The second-order valence-electron chi connectivity index (χ2n) is 12.4. The Kier molecular flexibility index (Phi) is 9.25. The molecule has 40 heavy (non-hydrogen) atoms. The van der Waals surface area contributed by atoms with Crippen LogP contribution in [0.25, 0.3) is 0 Å². The first-order valence-corrected chi connectivity index (χ1v) is 14.0. The Balaban J connectivity index is 2.07. The topological polar surface area (TPSA) is 191 Å². The molecule has 0 aliphatic rings. The second kappa shape index (κ2) is 11.4. The number of carboxylic acid groups (broad SMARTS) is 1. The van der Waals surface area contributed by atoms with Gasteiger partial charge in [-0.15, -0.1) is 0 Å². The van der Waals surface area contributed by atoms with Crippen molar-refractivity contribution in [3.8, 4) is 5.75 Å². The number of nitrogens with two attached hydrogens (primary N) is 1. The fourth-order valence-corrected chi connectivity index (χ4v) is 5.43. The van der Waals surface area contributed by atoms with Crippen LogP contribution in [0.5, 0.6) is 5.75 Å². The summed E-state index contributed by atoms with van der Waals surface area (Å²) in [7, 11) is -4.06. The number of amides is 2. The maximum Gasteiger partial charge on any atom is 0.309 e. The molecule has 5 N–H and O–H groups in total. The van der Waals surface area contributed by atoms with Crippen LogP contribution < -0.4 is 20.5 Å². The van der Waals surface area contributed by atoms with E-state index < -0.39 is 49.8 Å². The molecule has 0 bridgehead atoms. The normalized spacial score (nSPS) is 12.9. The van der Waals surface area contributed by atoms with Crippen molar-refractivity contribution in [2.45, 2.75) is 84.3 Å². The quantitative estimate of drug-likeness (QED) is 0.276. The average molecular weight is 578 g/mol. The van der Waals surface area contributed by atoms with Gasteiger partial charge in [0.15, 0.2) is 0 Å². The number of benzene rings is 1. The maximum atomic E-state index is 12.8. The van der Waals surface area contributed by atoms with Crippen LogP contribution in [-0.4, -0.2) is 52.4 Å². The number of hydrogen-bond donors (Lipinski definition) is 4. The van der Waals surface area contributed by atoms with Crippen molar-refractivity contribution in [1.29, 1.82) is 0 Å². The number of carboxylic acids is 1. The Morgan fingerprint density at radius 1 is 0.900 bits per heavy atom. The summed E-state index contributed by atoms with van der Waals surface area (Å²) in [6, 6.07) is 5.63. The summed E-state index contributed by atoms with van der Waals surface area (Å²) in [5, 5.41) is 12.2. The monoisotopic (exact) mass is 577 g/mol. The van der Waals surface area contributed by atoms with Gasteiger partial charge in [0.1, 0.15) is 11.4 Å². The number of anilines is 1. The van der Waals surface area contributed by atoms with Crippen molar-refractivity contribution >= 4 is 33.8 Å². The highest BCUT2D eigenvalue weighted by molar-refractivity contribution is 7.92. The van der Waals surface area contributed by atoms with Crippen molar-refractivity contribution in [1.82, 2.24) is 15.3 Å². The van der Waals surface area contributed by atoms with Gasteiger partial charge < -0.3 is 20.9 Å². The van der Waals surface area contributed by atoms with Gasteiger partial charge in [-0.1, -0.05) is 13.8 Å². The highest BCUT2D eigenvalue weighted by atomic mass is 32.2. The molecule has 220 valence electrons. The van der Waals surface area contributed by atoms with Crippen LogP contribution in [0.2, 0.25) is 0 Å². The van der Waals surface area contributed by atoms with Gasteiger partial charge in [-0.25, -0.2) is 23.1 Å². The van der Waals surface area contributed by atoms with Crippen LogP contribution in [0.1, 0.15) is 78.6 Å². The van der Waals surface area contributed by atoms with E-state index in [1.165, 1.54) is 36.7 Å². The van der Waals surface area contributed by atoms with Gasteiger partial charge in [0.25, 0.3) is 15.9 Å². The minimum atomic E-state index is -4.06. The van der Waals surface area contributed by atoms with Crippen molar-refractivity contribution in [3.05, 3.63) is 42.2 Å². The zero-order chi connectivity index (χ0) is 30.7. The number of aliphatic carboxylic acids is 1. The number of sulfonamides is 1. The van der Waals surface area contributed by atoms with Gasteiger partial charge in [0.2, 0.25) is 11.9 Å². The summed E-state index contributed by atoms with van der Waals surface area (Å²) < 4.78 is 33.9. The highest BCUT2D eigenvalue weighted by Gasteiger charge is 2.36. The van der Waals surface area contributed by atoms with E-state index in [0.29, 0.717) is 12.2 Å². The molecule has 2 aromatic rings. The number of aromatic nitrogens is 2. The molecular weight excluding hydrogens is 538 g/mol. The summed E-state index contributed by atoms with van der Waals surface area (Å²) in [5.74, 6) is -1.78. The van der Waals surface area contributed by atoms with E-state index >= 15 is 0 Å². The number of nitrogens with one attached hydrogen (secondary N) is 2. The van der Waals surface area contributed by atoms with Gasteiger partial charge in [-0.05, 0) is 72.2 Å². The molecule has 1 aromatic carbocycles. The Morgan fingerprint density at radius 2 is 1.43 bits per heavy atom. The third-order valence-electron chi connectivity index (χ3n) is 6.12. The summed E-state index contributed by atoms with van der Waals surface area (Å²) >= 11 is 0. The molecule has 12 nitrogen and oxygen atoms in total. The molecule has 0 radical (unpaired) electrons. The highest BCUT2D eigenvalue weighted by Crippen LogP contribution is 2.32. The van der Waals surface area contributed by atoms with Crippen LogP contribution in [0, 0.1) is 10.8 Å². The molecule has 0 aliphatic heterocycles. The second-order valence-corrected chi connectivity index (χ2v) is 14.0. The minimum absolute atomic E-state index is 0.0762. The number of carbonyl (C=O) groups is 3. The van der Waals surface area contributed by atoms with E-state index in [2.05, 4.69) is 20.0 Å². The van der Waals surface area contributed by atoms with Crippen molar-refractivity contribution in [2.75, 3.05) is 4.72 Å². The number of carbonyl (C=O) groups excluding carboxylic acids is 2. The maximum absolute atomic E-state index is 12.8. The van der Waals surface area contributed by atoms with Crippen molar-refractivity contribution in [2.24, 2.45) is 16.6 Å². The summed E-state index contributed by atoms with van der Waals surface area (Å²) in [4.78, 5) is 43.6. The first-order valence-electron chi connectivity index (χ1n) is 12.6. The first kappa shape index (κ1) is 32.5. The zero-order valence-electron chi connectivity index (χ0n) is 24.2. The van der Waals surface area contributed by atoms with E-state index in [0.717, 1.165) is 0 Å². The standard InChI is InChI=1S/C27H39N5O7S/c1-24(2,21(28)34)15-26(5,6)31-20(33)17-13-29-23(30-14-17)32-40(37,38)19-11-9-18(10-12-19)39-27(7,8)16-25(3,4)22(35)36/h9-14H,15-16H2,1-8H3,(H2,28,34)(H,31,33)(H,35,36)(H,29,30,32). The van der Waals surface area contributed by atoms with Crippen LogP contribution >= 0.6 is 0 Å². The zero-order valence-corrected chi connectivity index (χ0v) is 25.0. The summed E-state index contributed by atoms with van der Waals surface area (Å²) in [5.41, 5.74) is 2.09. The number of ether oxygens (including phenoxy) is 1. The summed E-state index contributed by atoms with van der Waals surface area (Å²) in [6.45, 7) is 13.6. The molecule has 1 heterocycles. The lowest BCUT2D eigenvalue weighted by atomic mass is 9.79. The number of hydrogen-bond acceptors (Lipinski definition) is 8. The summed E-state index contributed by atoms with van der Waals surface area (Å²) in [6.07, 6.45) is 2.90. The Hall–Kier alpha value is -3.74. The molecule has 13 heteroatoms. The van der Waals surface area contributed by atoms with Crippen LogP contribution in [-0.2, 0) is 19.6 Å². The van der Waals surface area contributed by atoms with Gasteiger partial charge in [-0.2, -0.15) is 0 Å². The van der Waals surface area contributed by atoms with E-state index in [-0.39, 0.29) is 22.8 Å². The molecule has 2 amide bonds. The SMILES string of the molecule is CC(C)(CC(C)(C)C(N)=O)NC(=O)c1cnc(NS(=O)(=O)c2ccc(OC(C)(C)CC(C)(C)C(=O)O)cc2)nc1. The third-order valence-corrected chi connectivity index (χ3v) is 7.46. The Bertz CT molecular complexity index is 1350. The molecule has 1 aromatic heterocycles. The predicted molar refractivity (Wildman–Crippen MR) is 149 cm³/mol. The lowest BCUT2D eigenvalue weighted by molar-refractivity contribution is -0.149. The molecule has 0 unspecified atom stereocenters. The lowest BCUT2D eigenvalue weighted by Gasteiger charge is -2.33. The van der Waals surface area contributed by atoms with E-state index in [1.807, 2.05) is 0 Å². The van der Waals surface area contributed by atoms with Crippen molar-refractivity contribution in [3.63, 3.8) is 0 Å². The van der Waals surface area contributed by atoms with E-state index in [9.17, 15) is 27.9 Å². The molecular formula is C27H39N5O7S. The molecule has 0 saturated carbocycles. The number of primary amides is 1. The average Bonchev–Trinajstić information content (AvgIpc) is 2.77. The van der Waals surface area contributed by atoms with Crippen LogP contribution in [0.4, 0.5) is 5.95 Å². The molecule has 0 spiro atoms. The molecule has 0 atom stereocenters. The first-order chi connectivity index (χ1) is 18.1. The van der Waals surface area contributed by atoms with Gasteiger partial charge >= 0.3 is 5.97 Å². The van der Waals surface area contributed by atoms with E-state index in [1.54, 1.807) is 55.4 Å². The fourth-order valence-electron chi connectivity index (χ4n) is 4.47. The predicted octanol–water partition coefficient (Wildman–Crippen LogP) is 3.35. The molecule has 0 aliphatic carbocycles. The van der Waals surface area contributed by atoms with Crippen LogP contribution in [0.3, 0.4) is 0 Å². The van der Waals surface area contributed by atoms with Gasteiger partial charge in [-0.3, -0.25) is 14.4 Å².